The average Bonchev–Trinajstić information content (AvgIpc) is 2.35. The fourth-order valence-corrected chi connectivity index (χ4v) is 2.60. The smallest absolute Gasteiger partial charge is 0.0741 e. The van der Waals surface area contributed by atoms with E-state index in [9.17, 15) is 0 Å². The Bertz CT molecular complexity index is 210. The zero-order valence-electron chi connectivity index (χ0n) is 10.8. The van der Waals surface area contributed by atoms with E-state index in [0.717, 1.165) is 31.4 Å². The standard InChI is InChI=1S/C13H26N2O/c1-3-8-12(14-16)13(9-4-2)15-10-6-5-7-11-15/h13,16H,3-11H2,1-2H3/b14-12-. The van der Waals surface area contributed by atoms with Gasteiger partial charge in [-0.2, -0.15) is 0 Å². The van der Waals surface area contributed by atoms with Crippen molar-refractivity contribution in [1.82, 2.24) is 4.90 Å². The van der Waals surface area contributed by atoms with Gasteiger partial charge in [0, 0.05) is 0 Å². The molecule has 16 heavy (non-hydrogen) atoms. The lowest BCUT2D eigenvalue weighted by atomic mass is 9.98. The van der Waals surface area contributed by atoms with Crippen molar-refractivity contribution >= 4 is 5.71 Å². The first-order chi connectivity index (χ1) is 7.83. The third-order valence-corrected chi connectivity index (χ3v) is 3.41. The van der Waals surface area contributed by atoms with Gasteiger partial charge in [-0.05, 0) is 38.8 Å². The molecule has 0 bridgehead atoms. The maximum atomic E-state index is 9.15. The van der Waals surface area contributed by atoms with Gasteiger partial charge in [0.05, 0.1) is 11.8 Å². The van der Waals surface area contributed by atoms with E-state index < -0.39 is 0 Å². The minimum Gasteiger partial charge on any atom is -0.411 e. The van der Waals surface area contributed by atoms with E-state index in [2.05, 4.69) is 23.9 Å². The first kappa shape index (κ1) is 13.5. The van der Waals surface area contributed by atoms with Gasteiger partial charge in [-0.15, -0.1) is 0 Å². The summed E-state index contributed by atoms with van der Waals surface area (Å²) in [7, 11) is 0. The molecular formula is C13H26N2O. The number of hydrogen-bond acceptors (Lipinski definition) is 3. The van der Waals surface area contributed by atoms with Gasteiger partial charge in [0.2, 0.25) is 0 Å². The molecule has 1 unspecified atom stereocenters. The van der Waals surface area contributed by atoms with Gasteiger partial charge < -0.3 is 5.21 Å². The first-order valence-corrected chi connectivity index (χ1v) is 6.78. The Kier molecular flexibility index (Phi) is 6.46. The van der Waals surface area contributed by atoms with Gasteiger partial charge in [0.1, 0.15) is 0 Å². The number of rotatable bonds is 6. The highest BCUT2D eigenvalue weighted by Crippen LogP contribution is 2.18. The summed E-state index contributed by atoms with van der Waals surface area (Å²) in [5.74, 6) is 0. The molecule has 1 aliphatic rings. The molecule has 0 spiro atoms. The molecule has 0 aromatic heterocycles. The molecule has 1 rings (SSSR count). The number of piperidine rings is 1. The van der Waals surface area contributed by atoms with Crippen molar-refractivity contribution in [2.45, 2.75) is 64.8 Å². The molecule has 1 heterocycles. The quantitative estimate of drug-likeness (QED) is 0.428. The summed E-state index contributed by atoms with van der Waals surface area (Å²) in [5.41, 5.74) is 0.992. The Balaban J connectivity index is 2.63. The summed E-state index contributed by atoms with van der Waals surface area (Å²) in [6, 6.07) is 0.384. The molecule has 1 aliphatic heterocycles. The molecule has 3 heteroatoms. The SMILES string of the molecule is CCC/C(=N/O)C(CCC)N1CCCCC1. The topological polar surface area (TPSA) is 35.8 Å². The van der Waals surface area contributed by atoms with Crippen LogP contribution in [0.4, 0.5) is 0 Å². The number of hydrogen-bond donors (Lipinski definition) is 1. The van der Waals surface area contributed by atoms with Crippen molar-refractivity contribution in [3.05, 3.63) is 0 Å². The molecule has 0 saturated carbocycles. The average molecular weight is 226 g/mol. The zero-order valence-corrected chi connectivity index (χ0v) is 10.8. The van der Waals surface area contributed by atoms with Gasteiger partial charge in [-0.25, -0.2) is 0 Å². The van der Waals surface area contributed by atoms with Crippen molar-refractivity contribution < 1.29 is 5.21 Å². The molecule has 0 amide bonds. The Hall–Kier alpha value is -0.570. The molecule has 1 atom stereocenters. The van der Waals surface area contributed by atoms with Crippen LogP contribution in [0.3, 0.4) is 0 Å². The number of nitrogens with zero attached hydrogens (tertiary/aromatic N) is 2. The highest BCUT2D eigenvalue weighted by Gasteiger charge is 2.24. The summed E-state index contributed by atoms with van der Waals surface area (Å²) in [5, 5.41) is 12.7. The van der Waals surface area contributed by atoms with E-state index in [4.69, 9.17) is 5.21 Å². The van der Waals surface area contributed by atoms with E-state index in [0.29, 0.717) is 6.04 Å². The van der Waals surface area contributed by atoms with E-state index >= 15 is 0 Å². The molecule has 0 aromatic rings. The highest BCUT2D eigenvalue weighted by atomic mass is 16.4. The Morgan fingerprint density at radius 3 is 2.38 bits per heavy atom. The largest absolute Gasteiger partial charge is 0.411 e. The number of oxime groups is 1. The second-order valence-electron chi connectivity index (χ2n) is 4.74. The van der Waals surface area contributed by atoms with E-state index in [-0.39, 0.29) is 0 Å². The van der Waals surface area contributed by atoms with Gasteiger partial charge in [-0.3, -0.25) is 4.90 Å². The predicted octanol–water partition coefficient (Wildman–Crippen LogP) is 3.27. The van der Waals surface area contributed by atoms with Crippen LogP contribution in [0.25, 0.3) is 0 Å². The third-order valence-electron chi connectivity index (χ3n) is 3.41. The molecule has 1 fully saturated rings. The fourth-order valence-electron chi connectivity index (χ4n) is 2.60. The third kappa shape index (κ3) is 3.78. The molecular weight excluding hydrogens is 200 g/mol. The minimum atomic E-state index is 0.384. The summed E-state index contributed by atoms with van der Waals surface area (Å²) >= 11 is 0. The zero-order chi connectivity index (χ0) is 11.8. The van der Waals surface area contributed by atoms with Crippen LogP contribution in [-0.2, 0) is 0 Å². The second kappa shape index (κ2) is 7.66. The molecule has 3 nitrogen and oxygen atoms in total. The van der Waals surface area contributed by atoms with Crippen molar-refractivity contribution in [1.29, 1.82) is 0 Å². The maximum absolute atomic E-state index is 9.15. The molecule has 0 aromatic carbocycles. The van der Waals surface area contributed by atoms with Crippen LogP contribution in [0.5, 0.6) is 0 Å². The van der Waals surface area contributed by atoms with Gasteiger partial charge in [0.15, 0.2) is 0 Å². The lowest BCUT2D eigenvalue weighted by Crippen LogP contribution is -2.44. The van der Waals surface area contributed by atoms with Crippen molar-refractivity contribution in [3.63, 3.8) is 0 Å². The first-order valence-electron chi connectivity index (χ1n) is 6.78. The summed E-state index contributed by atoms with van der Waals surface area (Å²) in [6.07, 6.45) is 8.22. The van der Waals surface area contributed by atoms with E-state index in [1.807, 2.05) is 0 Å². The predicted molar refractivity (Wildman–Crippen MR) is 68.2 cm³/mol. The monoisotopic (exact) mass is 226 g/mol. The molecule has 1 N–H and O–H groups in total. The summed E-state index contributed by atoms with van der Waals surface area (Å²) < 4.78 is 0. The van der Waals surface area contributed by atoms with Crippen LogP contribution in [0.2, 0.25) is 0 Å². The fraction of sp³-hybridized carbons (Fsp3) is 0.923. The molecule has 0 radical (unpaired) electrons. The Morgan fingerprint density at radius 1 is 1.19 bits per heavy atom. The lowest BCUT2D eigenvalue weighted by Gasteiger charge is -2.34. The Morgan fingerprint density at radius 2 is 1.88 bits per heavy atom. The maximum Gasteiger partial charge on any atom is 0.0741 e. The van der Waals surface area contributed by atoms with E-state index in [1.165, 1.54) is 32.4 Å². The van der Waals surface area contributed by atoms with Crippen LogP contribution >= 0.6 is 0 Å². The molecule has 94 valence electrons. The van der Waals surface area contributed by atoms with Crippen LogP contribution in [0, 0.1) is 0 Å². The number of likely N-dealkylation sites (tertiary alicyclic amines) is 1. The van der Waals surface area contributed by atoms with Crippen LogP contribution < -0.4 is 0 Å². The van der Waals surface area contributed by atoms with Crippen molar-refractivity contribution in [3.8, 4) is 0 Å². The van der Waals surface area contributed by atoms with Gasteiger partial charge >= 0.3 is 0 Å². The van der Waals surface area contributed by atoms with Crippen molar-refractivity contribution in [2.24, 2.45) is 5.16 Å². The van der Waals surface area contributed by atoms with Crippen LogP contribution in [-0.4, -0.2) is 35.0 Å². The Labute approximate surface area is 99.5 Å². The highest BCUT2D eigenvalue weighted by molar-refractivity contribution is 5.89. The minimum absolute atomic E-state index is 0.384. The van der Waals surface area contributed by atoms with E-state index in [1.54, 1.807) is 0 Å². The van der Waals surface area contributed by atoms with Gasteiger partial charge in [0.25, 0.3) is 0 Å². The normalized spacial score (nSPS) is 21.0. The van der Waals surface area contributed by atoms with Crippen LogP contribution in [0.1, 0.15) is 58.8 Å². The second-order valence-corrected chi connectivity index (χ2v) is 4.74. The molecule has 1 saturated heterocycles. The summed E-state index contributed by atoms with van der Waals surface area (Å²) in [4.78, 5) is 2.51. The van der Waals surface area contributed by atoms with Crippen LogP contribution in [0.15, 0.2) is 5.16 Å². The van der Waals surface area contributed by atoms with Gasteiger partial charge in [-0.1, -0.05) is 38.3 Å². The lowest BCUT2D eigenvalue weighted by molar-refractivity contribution is 0.187. The molecule has 0 aliphatic carbocycles. The van der Waals surface area contributed by atoms with Crippen molar-refractivity contribution in [2.75, 3.05) is 13.1 Å². The summed E-state index contributed by atoms with van der Waals surface area (Å²) in [6.45, 7) is 6.70.